The lowest BCUT2D eigenvalue weighted by atomic mass is 10.1. The van der Waals surface area contributed by atoms with Crippen molar-refractivity contribution in [2.75, 3.05) is 13.2 Å². The fourth-order valence-electron chi connectivity index (χ4n) is 3.54. The first kappa shape index (κ1) is 24.9. The van der Waals surface area contributed by atoms with E-state index in [1.165, 1.54) is 12.1 Å². The van der Waals surface area contributed by atoms with Gasteiger partial charge < -0.3 is 14.6 Å². The second kappa shape index (κ2) is 10.0. The lowest BCUT2D eigenvalue weighted by Crippen LogP contribution is -2.31. The Bertz CT molecular complexity index is 1360. The number of nitrogens with two attached hydrogens (primary N) is 1. The number of nitrogens with zero attached hydrogens (tertiary/aromatic N) is 1. The number of Topliss-reactive ketones (excluding diaryl/α,β-unsaturated/α-hetero) is 1. The van der Waals surface area contributed by atoms with Crippen molar-refractivity contribution in [3.05, 3.63) is 82.7 Å². The molecular weight excluding hydrogens is 458 g/mol. The molecule has 0 fully saturated rings. The number of hydrogen-bond donors (Lipinski definition) is 2. The van der Waals surface area contributed by atoms with Gasteiger partial charge in [0, 0.05) is 28.2 Å². The highest BCUT2D eigenvalue weighted by molar-refractivity contribution is 7.89. The summed E-state index contributed by atoms with van der Waals surface area (Å²) in [5.41, 5.74) is 3.70. The van der Waals surface area contributed by atoms with Gasteiger partial charge in [-0.1, -0.05) is 17.7 Å². The molecule has 0 radical (unpaired) electrons. The normalized spacial score (nSPS) is 11.2. The van der Waals surface area contributed by atoms with Crippen molar-refractivity contribution in [2.45, 2.75) is 25.7 Å². The third kappa shape index (κ3) is 5.77. The van der Waals surface area contributed by atoms with Crippen LogP contribution in [0.1, 0.15) is 37.7 Å². The summed E-state index contributed by atoms with van der Waals surface area (Å²) in [5.74, 6) is -1.55. The summed E-state index contributed by atoms with van der Waals surface area (Å²) < 4.78 is 29.8. The number of nitrogens with one attached hydrogen (secondary N) is 1. The molecule has 1 amide bonds. The number of hydrogen-bond acceptors (Lipinski definition) is 6. The van der Waals surface area contributed by atoms with E-state index < -0.39 is 34.3 Å². The molecule has 3 aromatic rings. The standard InChI is InChI=1S/C24H25N3O6S/c1-15-5-4-6-18(11-15)24(30)26-13-23(29)33-14-22(28)21-12-16(2)27(17(21)3)19-7-9-20(10-8-19)34(25,31)32/h4-12H,13-14H2,1-3H3,(H,26,30)(H2,25,31,32). The van der Waals surface area contributed by atoms with Crippen LogP contribution >= 0.6 is 0 Å². The topological polar surface area (TPSA) is 138 Å². The van der Waals surface area contributed by atoms with Gasteiger partial charge in [0.25, 0.3) is 5.91 Å². The highest BCUT2D eigenvalue weighted by atomic mass is 32.2. The van der Waals surface area contributed by atoms with Gasteiger partial charge in [0.1, 0.15) is 6.54 Å². The molecule has 0 saturated heterocycles. The van der Waals surface area contributed by atoms with E-state index in [9.17, 15) is 22.8 Å². The molecule has 34 heavy (non-hydrogen) atoms. The second-order valence-corrected chi connectivity index (χ2v) is 9.36. The maximum absolute atomic E-state index is 12.7. The number of primary sulfonamides is 1. The van der Waals surface area contributed by atoms with E-state index in [1.54, 1.807) is 54.8 Å². The quantitative estimate of drug-likeness (QED) is 0.372. The van der Waals surface area contributed by atoms with E-state index in [2.05, 4.69) is 5.32 Å². The Morgan fingerprint density at radius 3 is 2.29 bits per heavy atom. The third-order valence-corrected chi connectivity index (χ3v) is 6.12. The summed E-state index contributed by atoms with van der Waals surface area (Å²) in [4.78, 5) is 36.8. The molecule has 3 rings (SSSR count). The minimum absolute atomic E-state index is 0.0172. The molecule has 0 aliphatic rings. The molecule has 0 bridgehead atoms. The molecule has 0 atom stereocenters. The highest BCUT2D eigenvalue weighted by Gasteiger charge is 2.19. The molecule has 0 spiro atoms. The zero-order valence-corrected chi connectivity index (χ0v) is 19.8. The maximum atomic E-state index is 12.7. The van der Waals surface area contributed by atoms with E-state index in [4.69, 9.17) is 9.88 Å². The van der Waals surface area contributed by atoms with Crippen LogP contribution in [0.3, 0.4) is 0 Å². The Kier molecular flexibility index (Phi) is 7.33. The van der Waals surface area contributed by atoms with Gasteiger partial charge in [0.15, 0.2) is 6.61 Å². The fourth-order valence-corrected chi connectivity index (χ4v) is 4.06. The Hall–Kier alpha value is -3.76. The molecule has 178 valence electrons. The second-order valence-electron chi connectivity index (χ2n) is 7.80. The van der Waals surface area contributed by atoms with Crippen molar-refractivity contribution in [3.8, 4) is 5.69 Å². The van der Waals surface area contributed by atoms with Crippen molar-refractivity contribution >= 4 is 27.7 Å². The van der Waals surface area contributed by atoms with Crippen LogP contribution in [0.2, 0.25) is 0 Å². The van der Waals surface area contributed by atoms with Crippen molar-refractivity contribution < 1.29 is 27.5 Å². The van der Waals surface area contributed by atoms with Gasteiger partial charge in [-0.05, 0) is 63.2 Å². The van der Waals surface area contributed by atoms with E-state index in [0.717, 1.165) is 11.3 Å². The van der Waals surface area contributed by atoms with Gasteiger partial charge >= 0.3 is 5.97 Å². The molecule has 1 heterocycles. The Morgan fingerprint density at radius 1 is 1.00 bits per heavy atom. The lowest BCUT2D eigenvalue weighted by molar-refractivity contribution is -0.141. The average molecular weight is 484 g/mol. The molecule has 3 N–H and O–H groups in total. The van der Waals surface area contributed by atoms with Gasteiger partial charge in [-0.3, -0.25) is 14.4 Å². The lowest BCUT2D eigenvalue weighted by Gasteiger charge is -2.11. The van der Waals surface area contributed by atoms with Crippen LogP contribution in [-0.2, 0) is 19.6 Å². The van der Waals surface area contributed by atoms with E-state index in [-0.39, 0.29) is 11.4 Å². The number of esters is 1. The van der Waals surface area contributed by atoms with Crippen molar-refractivity contribution in [3.63, 3.8) is 0 Å². The molecule has 1 aromatic heterocycles. The van der Waals surface area contributed by atoms with E-state index in [0.29, 0.717) is 22.5 Å². The van der Waals surface area contributed by atoms with Crippen LogP contribution < -0.4 is 10.5 Å². The fraction of sp³-hybridized carbons (Fsp3) is 0.208. The SMILES string of the molecule is Cc1cccc(C(=O)NCC(=O)OCC(=O)c2cc(C)n(-c3ccc(S(N)(=O)=O)cc3)c2C)c1. The Balaban J connectivity index is 1.62. The van der Waals surface area contributed by atoms with Gasteiger partial charge in [0.2, 0.25) is 15.8 Å². The smallest absolute Gasteiger partial charge is 0.325 e. The minimum atomic E-state index is -3.81. The number of carbonyl (C=O) groups excluding carboxylic acids is 3. The van der Waals surface area contributed by atoms with Crippen molar-refractivity contribution in [1.29, 1.82) is 0 Å². The number of aromatic nitrogens is 1. The largest absolute Gasteiger partial charge is 0.456 e. The zero-order valence-electron chi connectivity index (χ0n) is 19.0. The van der Waals surface area contributed by atoms with Crippen molar-refractivity contribution in [2.24, 2.45) is 5.14 Å². The van der Waals surface area contributed by atoms with Crippen LogP contribution in [-0.4, -0.2) is 43.8 Å². The van der Waals surface area contributed by atoms with Crippen LogP contribution in [0.5, 0.6) is 0 Å². The Morgan fingerprint density at radius 2 is 1.68 bits per heavy atom. The third-order valence-electron chi connectivity index (χ3n) is 5.19. The molecular formula is C24H25N3O6S. The maximum Gasteiger partial charge on any atom is 0.325 e. The van der Waals surface area contributed by atoms with Crippen LogP contribution in [0, 0.1) is 20.8 Å². The van der Waals surface area contributed by atoms with Gasteiger partial charge in [-0.15, -0.1) is 0 Å². The molecule has 0 aliphatic carbocycles. The summed E-state index contributed by atoms with van der Waals surface area (Å²) in [6, 6.07) is 14.5. The van der Waals surface area contributed by atoms with Crippen LogP contribution in [0.4, 0.5) is 0 Å². The Labute approximate surface area is 197 Å². The first-order valence-electron chi connectivity index (χ1n) is 10.3. The van der Waals surface area contributed by atoms with E-state index in [1.807, 2.05) is 13.0 Å². The first-order chi connectivity index (χ1) is 16.0. The predicted molar refractivity (Wildman–Crippen MR) is 125 cm³/mol. The molecule has 2 aromatic carbocycles. The number of benzene rings is 2. The number of carbonyl (C=O) groups is 3. The molecule has 10 heteroatoms. The summed E-state index contributed by atoms with van der Waals surface area (Å²) in [6.45, 7) is 4.54. The van der Waals surface area contributed by atoms with E-state index >= 15 is 0 Å². The number of sulfonamides is 1. The average Bonchev–Trinajstić information content (AvgIpc) is 3.09. The number of amides is 1. The first-order valence-corrected chi connectivity index (χ1v) is 11.9. The van der Waals surface area contributed by atoms with Gasteiger partial charge in [-0.25, -0.2) is 13.6 Å². The summed E-state index contributed by atoms with van der Waals surface area (Å²) in [6.07, 6.45) is 0. The molecule has 9 nitrogen and oxygen atoms in total. The van der Waals surface area contributed by atoms with Gasteiger partial charge in [0.05, 0.1) is 4.90 Å². The van der Waals surface area contributed by atoms with Crippen LogP contribution in [0.15, 0.2) is 59.5 Å². The highest BCUT2D eigenvalue weighted by Crippen LogP contribution is 2.22. The van der Waals surface area contributed by atoms with Crippen LogP contribution in [0.25, 0.3) is 5.69 Å². The number of rotatable bonds is 8. The molecule has 0 unspecified atom stereocenters. The zero-order chi connectivity index (χ0) is 25.0. The number of ether oxygens (including phenoxy) is 1. The summed E-state index contributed by atoms with van der Waals surface area (Å²) in [7, 11) is -3.81. The number of aryl methyl sites for hydroxylation is 2. The summed E-state index contributed by atoms with van der Waals surface area (Å²) >= 11 is 0. The monoisotopic (exact) mass is 483 g/mol. The van der Waals surface area contributed by atoms with Gasteiger partial charge in [-0.2, -0.15) is 0 Å². The molecule has 0 saturated carbocycles. The van der Waals surface area contributed by atoms with Crippen molar-refractivity contribution in [1.82, 2.24) is 9.88 Å². The minimum Gasteiger partial charge on any atom is -0.456 e. The predicted octanol–water partition coefficient (Wildman–Crippen LogP) is 2.21. The molecule has 0 aliphatic heterocycles. The summed E-state index contributed by atoms with van der Waals surface area (Å²) in [5, 5.41) is 7.61. The number of ketones is 1.